The lowest BCUT2D eigenvalue weighted by Gasteiger charge is -2.12. The van der Waals surface area contributed by atoms with E-state index < -0.39 is 6.10 Å². The molecule has 2 atom stereocenters. The minimum atomic E-state index is -0.994. The maximum absolute atomic E-state index is 11.9. The summed E-state index contributed by atoms with van der Waals surface area (Å²) >= 11 is 0. The zero-order valence-corrected chi connectivity index (χ0v) is 27.0. The van der Waals surface area contributed by atoms with Crippen molar-refractivity contribution in [2.75, 3.05) is 13.2 Å². The van der Waals surface area contributed by atoms with Crippen LogP contribution in [0.4, 0.5) is 0 Å². The van der Waals surface area contributed by atoms with Crippen LogP contribution in [0.25, 0.3) is 0 Å². The van der Waals surface area contributed by atoms with Crippen molar-refractivity contribution in [2.45, 2.75) is 149 Å². The second-order valence-electron chi connectivity index (χ2n) is 11.6. The minimum Gasteiger partial charge on any atom is -0.463 e. The zero-order chi connectivity index (χ0) is 31.1. The van der Waals surface area contributed by atoms with E-state index in [9.17, 15) is 19.8 Å². The van der Waals surface area contributed by atoms with E-state index in [2.05, 4.69) is 63.3 Å². The van der Waals surface area contributed by atoms with Gasteiger partial charge in [0.1, 0.15) is 19.3 Å². The molecule has 0 heterocycles. The van der Waals surface area contributed by atoms with E-state index in [1.54, 1.807) is 0 Å². The van der Waals surface area contributed by atoms with Crippen molar-refractivity contribution in [3.8, 4) is 0 Å². The van der Waals surface area contributed by atoms with Crippen LogP contribution in [0.5, 0.6) is 0 Å². The van der Waals surface area contributed by atoms with Crippen LogP contribution in [-0.2, 0) is 19.1 Å². The van der Waals surface area contributed by atoms with Crippen molar-refractivity contribution in [1.82, 2.24) is 0 Å². The summed E-state index contributed by atoms with van der Waals surface area (Å²) in [6.07, 6.45) is 32.4. The summed E-state index contributed by atoms with van der Waals surface area (Å²) in [6.45, 7) is 6.31. The number of unbranched alkanes of at least 4 members (excludes halogenated alkanes) is 7. The molecule has 0 aliphatic carbocycles. The molecule has 1 unspecified atom stereocenters. The van der Waals surface area contributed by atoms with E-state index in [-0.39, 0.29) is 31.3 Å². The van der Waals surface area contributed by atoms with Gasteiger partial charge in [0.25, 0.3) is 0 Å². The Hall–Kier alpha value is -2.18. The van der Waals surface area contributed by atoms with Crippen LogP contribution in [0.1, 0.15) is 136 Å². The van der Waals surface area contributed by atoms with Gasteiger partial charge in [0.15, 0.2) is 0 Å². The maximum atomic E-state index is 11.9. The summed E-state index contributed by atoms with van der Waals surface area (Å²) in [5.41, 5.74) is 0. The molecule has 0 radical (unpaired) electrons. The highest BCUT2D eigenvalue weighted by Gasteiger charge is 2.12. The Kier molecular flexibility index (Phi) is 28.7. The van der Waals surface area contributed by atoms with E-state index in [0.717, 1.165) is 70.1 Å². The molecule has 0 saturated carbocycles. The molecule has 6 nitrogen and oxygen atoms in total. The summed E-state index contributed by atoms with van der Waals surface area (Å²) in [5, 5.41) is 19.6. The number of aliphatic hydroxyl groups excluding tert-OH is 2. The number of carbonyl (C=O) groups excluding carboxylic acids is 2. The molecule has 0 rings (SSSR count). The summed E-state index contributed by atoms with van der Waals surface area (Å²) in [5.74, 6) is 0.129. The van der Waals surface area contributed by atoms with Crippen LogP contribution in [-0.4, -0.2) is 47.6 Å². The maximum Gasteiger partial charge on any atom is 0.305 e. The van der Waals surface area contributed by atoms with Gasteiger partial charge in [0, 0.05) is 12.8 Å². The van der Waals surface area contributed by atoms with Gasteiger partial charge < -0.3 is 19.7 Å². The smallest absolute Gasteiger partial charge is 0.305 e. The zero-order valence-electron chi connectivity index (χ0n) is 27.0. The first-order chi connectivity index (χ1) is 20.3. The van der Waals surface area contributed by atoms with E-state index in [4.69, 9.17) is 9.47 Å². The van der Waals surface area contributed by atoms with Gasteiger partial charge in [-0.1, -0.05) is 121 Å². The molecule has 0 saturated heterocycles. The van der Waals surface area contributed by atoms with Gasteiger partial charge in [-0.15, -0.1) is 0 Å². The lowest BCUT2D eigenvalue weighted by Crippen LogP contribution is -2.25. The highest BCUT2D eigenvalue weighted by Crippen LogP contribution is 2.13. The second kappa shape index (κ2) is 30.3. The molecule has 0 bridgehead atoms. The number of aliphatic hydroxyl groups is 2. The van der Waals surface area contributed by atoms with Crippen molar-refractivity contribution in [2.24, 2.45) is 5.92 Å². The largest absolute Gasteiger partial charge is 0.463 e. The van der Waals surface area contributed by atoms with Crippen LogP contribution in [0.3, 0.4) is 0 Å². The van der Waals surface area contributed by atoms with Crippen LogP contribution in [0.15, 0.2) is 48.6 Å². The molecule has 0 spiro atoms. The topological polar surface area (TPSA) is 93.1 Å². The fourth-order valence-electron chi connectivity index (χ4n) is 4.28. The van der Waals surface area contributed by atoms with Crippen molar-refractivity contribution in [3.63, 3.8) is 0 Å². The highest BCUT2D eigenvalue weighted by molar-refractivity contribution is 5.69. The first-order valence-corrected chi connectivity index (χ1v) is 16.6. The van der Waals surface area contributed by atoms with Crippen LogP contribution < -0.4 is 0 Å². The van der Waals surface area contributed by atoms with Crippen LogP contribution >= 0.6 is 0 Å². The normalized spacial score (nSPS) is 13.7. The SMILES string of the molecule is CCCC(O)C/C=C\C/C=C\C/C=C\C/C=C\CCCC(=O)OC[C@@H](O)COC(=O)CCCCCCCCCC(C)C. The first-order valence-electron chi connectivity index (χ1n) is 16.6. The Morgan fingerprint density at radius 3 is 1.62 bits per heavy atom. The van der Waals surface area contributed by atoms with Gasteiger partial charge >= 0.3 is 11.9 Å². The Morgan fingerprint density at radius 1 is 0.595 bits per heavy atom. The van der Waals surface area contributed by atoms with Crippen molar-refractivity contribution in [3.05, 3.63) is 48.6 Å². The number of hydrogen-bond donors (Lipinski definition) is 2. The molecular formula is C36H62O6. The van der Waals surface area contributed by atoms with Gasteiger partial charge in [-0.25, -0.2) is 0 Å². The Morgan fingerprint density at radius 2 is 1.07 bits per heavy atom. The van der Waals surface area contributed by atoms with E-state index in [0.29, 0.717) is 19.3 Å². The van der Waals surface area contributed by atoms with Gasteiger partial charge in [-0.3, -0.25) is 9.59 Å². The number of carbonyl (C=O) groups is 2. The second-order valence-corrected chi connectivity index (χ2v) is 11.6. The molecule has 0 amide bonds. The van der Waals surface area contributed by atoms with Gasteiger partial charge in [-0.05, 0) is 57.3 Å². The molecular weight excluding hydrogens is 528 g/mol. The van der Waals surface area contributed by atoms with E-state index >= 15 is 0 Å². The number of ether oxygens (including phenoxy) is 2. The van der Waals surface area contributed by atoms with Crippen molar-refractivity contribution in [1.29, 1.82) is 0 Å². The predicted octanol–water partition coefficient (Wildman–Crippen LogP) is 8.72. The third-order valence-corrected chi connectivity index (χ3v) is 6.80. The summed E-state index contributed by atoms with van der Waals surface area (Å²) in [7, 11) is 0. The fourth-order valence-corrected chi connectivity index (χ4v) is 4.28. The first kappa shape index (κ1) is 39.8. The molecule has 0 aliphatic heterocycles. The van der Waals surface area contributed by atoms with Gasteiger partial charge in [0.05, 0.1) is 6.10 Å². The monoisotopic (exact) mass is 590 g/mol. The predicted molar refractivity (Wildman–Crippen MR) is 174 cm³/mol. The molecule has 0 fully saturated rings. The average molecular weight is 591 g/mol. The number of esters is 2. The molecule has 0 aliphatic rings. The summed E-state index contributed by atoms with van der Waals surface area (Å²) in [4.78, 5) is 23.7. The van der Waals surface area contributed by atoms with Crippen LogP contribution in [0.2, 0.25) is 0 Å². The molecule has 0 aromatic rings. The third kappa shape index (κ3) is 30.8. The molecule has 0 aromatic carbocycles. The molecule has 2 N–H and O–H groups in total. The van der Waals surface area contributed by atoms with E-state index in [1.807, 2.05) is 6.08 Å². The standard InChI is InChI=1S/C36H62O6/c1-4-25-33(37)27-22-18-14-10-8-6-5-7-9-11-15-19-23-28-35(39)41-30-34(38)31-42-36(40)29-24-20-16-12-13-17-21-26-32(2)3/h5,7-8,10-11,15,18,22,32-34,37-38H,4,6,9,12-14,16-17,19-21,23-31H2,1-3H3/b7-5-,10-8-,15-11-,22-18-/t33?,34-/m1/s1. The Bertz CT molecular complexity index is 752. The Balaban J connectivity index is 3.62. The number of rotatable bonds is 28. The lowest BCUT2D eigenvalue weighted by atomic mass is 10.0. The van der Waals surface area contributed by atoms with Gasteiger partial charge in [-0.2, -0.15) is 0 Å². The van der Waals surface area contributed by atoms with Crippen molar-refractivity contribution >= 4 is 11.9 Å². The lowest BCUT2D eigenvalue weighted by molar-refractivity contribution is -0.152. The number of hydrogen-bond acceptors (Lipinski definition) is 6. The highest BCUT2D eigenvalue weighted by atomic mass is 16.6. The molecule has 6 heteroatoms. The van der Waals surface area contributed by atoms with Crippen molar-refractivity contribution < 1.29 is 29.3 Å². The molecule has 242 valence electrons. The van der Waals surface area contributed by atoms with Gasteiger partial charge in [0.2, 0.25) is 0 Å². The summed E-state index contributed by atoms with van der Waals surface area (Å²) < 4.78 is 10.2. The molecule has 42 heavy (non-hydrogen) atoms. The average Bonchev–Trinajstić information content (AvgIpc) is 2.96. The fraction of sp³-hybridized carbons (Fsp3) is 0.722. The minimum absolute atomic E-state index is 0.144. The quantitative estimate of drug-likeness (QED) is 0.0538. The van der Waals surface area contributed by atoms with Crippen LogP contribution in [0, 0.1) is 5.92 Å². The Labute approximate surface area is 257 Å². The summed E-state index contributed by atoms with van der Waals surface area (Å²) in [6, 6.07) is 0. The molecule has 0 aromatic heterocycles. The third-order valence-electron chi connectivity index (χ3n) is 6.80. The number of allylic oxidation sites excluding steroid dienone is 7. The van der Waals surface area contributed by atoms with E-state index in [1.165, 1.54) is 32.1 Å².